The van der Waals surface area contributed by atoms with Crippen LogP contribution in [0.5, 0.6) is 0 Å². The van der Waals surface area contributed by atoms with E-state index in [0.717, 1.165) is 0 Å². The summed E-state index contributed by atoms with van der Waals surface area (Å²) in [6, 6.07) is 0. The molecule has 0 rings (SSSR count). The molecule has 0 radical (unpaired) electrons. The van der Waals surface area contributed by atoms with Crippen LogP contribution < -0.4 is 0 Å². The average molecular weight is 160 g/mol. The first-order chi connectivity index (χ1) is 5.18. The van der Waals surface area contributed by atoms with E-state index >= 15 is 0 Å². The van der Waals surface area contributed by atoms with Gasteiger partial charge in [0.15, 0.2) is 5.60 Å². The molecule has 0 aliphatic carbocycles. The zero-order valence-electron chi connectivity index (χ0n) is 6.12. The van der Waals surface area contributed by atoms with Gasteiger partial charge in [0.2, 0.25) is 0 Å². The zero-order valence-corrected chi connectivity index (χ0v) is 6.12. The van der Waals surface area contributed by atoms with Gasteiger partial charge in [-0.3, -0.25) is 0 Å². The van der Waals surface area contributed by atoms with Crippen molar-refractivity contribution in [2.75, 3.05) is 19.8 Å². The molecule has 0 amide bonds. The van der Waals surface area contributed by atoms with E-state index in [2.05, 4.69) is 11.8 Å². The Hall–Kier alpha value is -0.600. The first-order valence-electron chi connectivity index (χ1n) is 3.23. The highest BCUT2D eigenvalue weighted by molar-refractivity contribution is 5.13. The van der Waals surface area contributed by atoms with Crippen LogP contribution in [0.15, 0.2) is 0 Å². The van der Waals surface area contributed by atoms with Gasteiger partial charge in [0.25, 0.3) is 0 Å². The number of hydrogen-bond donors (Lipinski definition) is 4. The number of rotatable bonds is 3. The van der Waals surface area contributed by atoms with Crippen LogP contribution in [0.1, 0.15) is 6.42 Å². The maximum atomic E-state index is 9.10. The molecule has 0 aliphatic heterocycles. The molecule has 0 aliphatic rings. The van der Waals surface area contributed by atoms with E-state index in [1.165, 1.54) is 0 Å². The van der Waals surface area contributed by atoms with Crippen LogP contribution >= 0.6 is 0 Å². The topological polar surface area (TPSA) is 80.9 Å². The van der Waals surface area contributed by atoms with Gasteiger partial charge >= 0.3 is 0 Å². The first-order valence-corrected chi connectivity index (χ1v) is 3.23. The number of hydrogen-bond acceptors (Lipinski definition) is 4. The molecule has 0 saturated heterocycles. The highest BCUT2D eigenvalue weighted by Crippen LogP contribution is 1.98. The van der Waals surface area contributed by atoms with E-state index in [9.17, 15) is 0 Å². The molecule has 0 bridgehead atoms. The predicted octanol–water partition coefficient (Wildman–Crippen LogP) is -1.91. The molecule has 4 heteroatoms. The summed E-state index contributed by atoms with van der Waals surface area (Å²) in [4.78, 5) is 0. The van der Waals surface area contributed by atoms with Gasteiger partial charge < -0.3 is 20.4 Å². The SMILES string of the molecule is OCCC#CC(O)(CO)CO. The van der Waals surface area contributed by atoms with Crippen molar-refractivity contribution in [1.29, 1.82) is 0 Å². The third-order valence-corrected chi connectivity index (χ3v) is 1.08. The third-order valence-electron chi connectivity index (χ3n) is 1.08. The molecule has 4 N–H and O–H groups in total. The molecular weight excluding hydrogens is 148 g/mol. The van der Waals surface area contributed by atoms with Gasteiger partial charge in [-0.1, -0.05) is 11.8 Å². The maximum absolute atomic E-state index is 9.10. The molecule has 0 unspecified atom stereocenters. The van der Waals surface area contributed by atoms with E-state index < -0.39 is 18.8 Å². The van der Waals surface area contributed by atoms with E-state index in [0.29, 0.717) is 0 Å². The van der Waals surface area contributed by atoms with Crippen LogP contribution in [-0.4, -0.2) is 45.8 Å². The second kappa shape index (κ2) is 5.10. The molecular formula is C7H12O4. The van der Waals surface area contributed by atoms with Crippen molar-refractivity contribution in [2.45, 2.75) is 12.0 Å². The van der Waals surface area contributed by atoms with Crippen LogP contribution in [0.4, 0.5) is 0 Å². The van der Waals surface area contributed by atoms with Crippen molar-refractivity contribution in [3.05, 3.63) is 0 Å². The van der Waals surface area contributed by atoms with Crippen LogP contribution in [0.3, 0.4) is 0 Å². The van der Waals surface area contributed by atoms with Crippen molar-refractivity contribution in [1.82, 2.24) is 0 Å². The molecule has 0 spiro atoms. The molecule has 0 atom stereocenters. The molecule has 0 heterocycles. The van der Waals surface area contributed by atoms with E-state index in [4.69, 9.17) is 20.4 Å². The minimum Gasteiger partial charge on any atom is -0.395 e. The van der Waals surface area contributed by atoms with Crippen molar-refractivity contribution >= 4 is 0 Å². The fourth-order valence-electron chi connectivity index (χ4n) is 0.412. The lowest BCUT2D eigenvalue weighted by atomic mass is 10.1. The van der Waals surface area contributed by atoms with Crippen LogP contribution in [0.2, 0.25) is 0 Å². The van der Waals surface area contributed by atoms with Gasteiger partial charge in [0.05, 0.1) is 19.8 Å². The second-order valence-electron chi connectivity index (χ2n) is 2.12. The Bertz CT molecular complexity index is 152. The largest absolute Gasteiger partial charge is 0.395 e. The second-order valence-corrected chi connectivity index (χ2v) is 2.12. The van der Waals surface area contributed by atoms with Crippen molar-refractivity contribution in [3.63, 3.8) is 0 Å². The fraction of sp³-hybridized carbons (Fsp3) is 0.714. The lowest BCUT2D eigenvalue weighted by Crippen LogP contribution is -2.35. The van der Waals surface area contributed by atoms with Crippen molar-refractivity contribution in [3.8, 4) is 11.8 Å². The van der Waals surface area contributed by atoms with Gasteiger partial charge in [-0.05, 0) is 0 Å². The minimum absolute atomic E-state index is 0.0973. The van der Waals surface area contributed by atoms with Gasteiger partial charge in [-0.25, -0.2) is 0 Å². The molecule has 0 aromatic carbocycles. The summed E-state index contributed by atoms with van der Waals surface area (Å²) >= 11 is 0. The highest BCUT2D eigenvalue weighted by atomic mass is 16.4. The Balaban J connectivity index is 3.98. The summed E-state index contributed by atoms with van der Waals surface area (Å²) < 4.78 is 0. The quantitative estimate of drug-likeness (QED) is 0.363. The Labute approximate surface area is 65.1 Å². The smallest absolute Gasteiger partial charge is 0.171 e. The van der Waals surface area contributed by atoms with Crippen LogP contribution in [0.25, 0.3) is 0 Å². The first kappa shape index (κ1) is 10.4. The molecule has 0 fully saturated rings. The van der Waals surface area contributed by atoms with Crippen molar-refractivity contribution < 1.29 is 20.4 Å². The number of aliphatic hydroxyl groups is 4. The van der Waals surface area contributed by atoms with E-state index in [1.54, 1.807) is 0 Å². The Kier molecular flexibility index (Phi) is 4.83. The Morgan fingerprint density at radius 1 is 1.09 bits per heavy atom. The summed E-state index contributed by atoms with van der Waals surface area (Å²) in [5.74, 6) is 4.65. The van der Waals surface area contributed by atoms with Gasteiger partial charge in [0, 0.05) is 6.42 Å². The van der Waals surface area contributed by atoms with E-state index in [-0.39, 0.29) is 13.0 Å². The summed E-state index contributed by atoms with van der Waals surface area (Å²) in [7, 11) is 0. The summed E-state index contributed by atoms with van der Waals surface area (Å²) in [5.41, 5.74) is -1.73. The standard InChI is InChI=1S/C7H12O4/c8-4-2-1-3-7(11,5-9)6-10/h8-11H,2,4-6H2. The third kappa shape index (κ3) is 3.96. The van der Waals surface area contributed by atoms with Gasteiger partial charge in [0.1, 0.15) is 0 Å². The van der Waals surface area contributed by atoms with E-state index in [1.807, 2.05) is 0 Å². The Morgan fingerprint density at radius 3 is 2.00 bits per heavy atom. The molecule has 4 nitrogen and oxygen atoms in total. The maximum Gasteiger partial charge on any atom is 0.171 e. The Morgan fingerprint density at radius 2 is 1.64 bits per heavy atom. The van der Waals surface area contributed by atoms with Crippen LogP contribution in [0, 0.1) is 11.8 Å². The number of aliphatic hydroxyl groups excluding tert-OH is 3. The fourth-order valence-corrected chi connectivity index (χ4v) is 0.412. The van der Waals surface area contributed by atoms with Crippen molar-refractivity contribution in [2.24, 2.45) is 0 Å². The molecule has 0 saturated carbocycles. The monoisotopic (exact) mass is 160 g/mol. The molecule has 0 aromatic rings. The molecule has 0 aromatic heterocycles. The lowest BCUT2D eigenvalue weighted by molar-refractivity contribution is -0.00947. The normalized spacial score (nSPS) is 10.5. The predicted molar refractivity (Wildman–Crippen MR) is 38.6 cm³/mol. The van der Waals surface area contributed by atoms with Crippen LogP contribution in [-0.2, 0) is 0 Å². The average Bonchev–Trinajstić information content (AvgIpc) is 2.05. The van der Waals surface area contributed by atoms with Gasteiger partial charge in [-0.2, -0.15) is 0 Å². The minimum atomic E-state index is -1.73. The molecule has 11 heavy (non-hydrogen) atoms. The molecule has 64 valence electrons. The zero-order chi connectivity index (χ0) is 8.74. The summed E-state index contributed by atoms with van der Waals surface area (Å²) in [6.07, 6.45) is 0.225. The summed E-state index contributed by atoms with van der Waals surface area (Å²) in [5, 5.41) is 34.4. The summed E-state index contributed by atoms with van der Waals surface area (Å²) in [6.45, 7) is -1.32. The highest BCUT2D eigenvalue weighted by Gasteiger charge is 2.20. The van der Waals surface area contributed by atoms with Gasteiger partial charge in [-0.15, -0.1) is 0 Å². The lowest BCUT2D eigenvalue weighted by Gasteiger charge is -2.14.